The van der Waals surface area contributed by atoms with Crippen molar-refractivity contribution in [2.24, 2.45) is 0 Å². The first kappa shape index (κ1) is 13.1. The normalized spacial score (nSPS) is 10.7. The number of nitrogens with one attached hydrogen (secondary N) is 1. The van der Waals surface area contributed by atoms with Crippen molar-refractivity contribution < 1.29 is 9.53 Å². The van der Waals surface area contributed by atoms with Gasteiger partial charge in [0.25, 0.3) is 5.56 Å². The number of carbonyl (C=O) groups is 1. The van der Waals surface area contributed by atoms with E-state index in [0.29, 0.717) is 5.65 Å². The van der Waals surface area contributed by atoms with Crippen LogP contribution in [-0.4, -0.2) is 27.2 Å². The van der Waals surface area contributed by atoms with Crippen LogP contribution in [0.1, 0.15) is 17.4 Å². The summed E-state index contributed by atoms with van der Waals surface area (Å²) in [5.74, 6) is -0.598. The number of ether oxygens (including phenoxy) is 1. The summed E-state index contributed by atoms with van der Waals surface area (Å²) in [5.41, 5.74) is 1.72. The molecule has 0 unspecified atom stereocenters. The molecule has 0 aliphatic rings. The average molecular weight is 283 g/mol. The van der Waals surface area contributed by atoms with Crippen molar-refractivity contribution in [2.75, 3.05) is 6.61 Å². The maximum Gasteiger partial charge on any atom is 0.357 e. The van der Waals surface area contributed by atoms with E-state index in [1.165, 1.54) is 4.52 Å². The fraction of sp³-hybridized carbons (Fsp3) is 0.133. The minimum Gasteiger partial charge on any atom is -0.461 e. The summed E-state index contributed by atoms with van der Waals surface area (Å²) < 4.78 is 6.16. The largest absolute Gasteiger partial charge is 0.461 e. The summed E-state index contributed by atoms with van der Waals surface area (Å²) in [6, 6.07) is 12.4. The van der Waals surface area contributed by atoms with Gasteiger partial charge >= 0.3 is 5.97 Å². The lowest BCUT2D eigenvalue weighted by atomic mass is 10.2. The summed E-state index contributed by atoms with van der Waals surface area (Å²) in [4.78, 5) is 27.9. The fourth-order valence-corrected chi connectivity index (χ4v) is 2.07. The average Bonchev–Trinajstić information content (AvgIpc) is 2.93. The molecule has 6 nitrogen and oxygen atoms in total. The van der Waals surface area contributed by atoms with Gasteiger partial charge in [-0.3, -0.25) is 9.89 Å². The standard InChI is InChI=1S/C15H13N3O3/c1-2-21-15(20)12-9-14(19)18-13(16-12)8-11(17-18)10-6-4-3-5-7-10/h3-9,17H,2H2,1H3. The molecule has 0 amide bonds. The molecule has 106 valence electrons. The van der Waals surface area contributed by atoms with Crippen LogP contribution >= 0.6 is 0 Å². The Morgan fingerprint density at radius 3 is 2.76 bits per heavy atom. The first-order valence-corrected chi connectivity index (χ1v) is 6.54. The quantitative estimate of drug-likeness (QED) is 0.744. The summed E-state index contributed by atoms with van der Waals surface area (Å²) in [6.07, 6.45) is 0. The van der Waals surface area contributed by atoms with Crippen molar-refractivity contribution in [1.82, 2.24) is 14.6 Å². The zero-order chi connectivity index (χ0) is 14.8. The van der Waals surface area contributed by atoms with E-state index in [2.05, 4.69) is 10.1 Å². The number of aromatic nitrogens is 3. The van der Waals surface area contributed by atoms with Crippen LogP contribution in [0.25, 0.3) is 16.9 Å². The Morgan fingerprint density at radius 2 is 2.05 bits per heavy atom. The number of fused-ring (bicyclic) bond motifs is 1. The van der Waals surface area contributed by atoms with Crippen LogP contribution < -0.4 is 5.56 Å². The number of nitrogens with zero attached hydrogens (tertiary/aromatic N) is 2. The third kappa shape index (κ3) is 2.43. The molecule has 3 aromatic rings. The van der Waals surface area contributed by atoms with Crippen LogP contribution in [-0.2, 0) is 4.74 Å². The number of hydrogen-bond acceptors (Lipinski definition) is 4. The molecule has 0 saturated heterocycles. The van der Waals surface area contributed by atoms with Crippen LogP contribution in [0, 0.1) is 0 Å². The first-order chi connectivity index (χ1) is 10.2. The minimum absolute atomic E-state index is 0.0143. The van der Waals surface area contributed by atoms with E-state index in [1.54, 1.807) is 13.0 Å². The van der Waals surface area contributed by atoms with Crippen molar-refractivity contribution in [1.29, 1.82) is 0 Å². The van der Waals surface area contributed by atoms with Crippen molar-refractivity contribution >= 4 is 11.6 Å². The molecule has 6 heteroatoms. The second kappa shape index (κ2) is 5.24. The van der Waals surface area contributed by atoms with E-state index in [-0.39, 0.29) is 17.9 Å². The third-order valence-electron chi connectivity index (χ3n) is 3.02. The van der Waals surface area contributed by atoms with Gasteiger partial charge in [-0.05, 0) is 12.5 Å². The highest BCUT2D eigenvalue weighted by atomic mass is 16.5. The molecule has 0 fully saturated rings. The van der Waals surface area contributed by atoms with Crippen molar-refractivity contribution in [3.05, 3.63) is 58.5 Å². The topological polar surface area (TPSA) is 76.5 Å². The molecule has 0 aliphatic heterocycles. The van der Waals surface area contributed by atoms with Crippen molar-refractivity contribution in [3.8, 4) is 11.3 Å². The van der Waals surface area contributed by atoms with Gasteiger partial charge in [0.05, 0.1) is 12.3 Å². The highest BCUT2D eigenvalue weighted by Crippen LogP contribution is 2.17. The van der Waals surface area contributed by atoms with E-state index in [1.807, 2.05) is 30.3 Å². The predicted octanol–water partition coefficient (Wildman–Crippen LogP) is 1.87. The number of H-pyrrole nitrogens is 1. The van der Waals surface area contributed by atoms with Crippen molar-refractivity contribution in [2.45, 2.75) is 6.92 Å². The minimum atomic E-state index is -0.598. The number of esters is 1. The zero-order valence-corrected chi connectivity index (χ0v) is 11.4. The van der Waals surface area contributed by atoms with Crippen molar-refractivity contribution in [3.63, 3.8) is 0 Å². The Balaban J connectivity index is 2.12. The van der Waals surface area contributed by atoms with Gasteiger partial charge < -0.3 is 4.74 Å². The van der Waals surface area contributed by atoms with Crippen LogP contribution in [0.15, 0.2) is 47.3 Å². The SMILES string of the molecule is CCOC(=O)c1cc(=O)n2[nH]c(-c3ccccc3)cc2n1. The number of hydrogen-bond donors (Lipinski definition) is 1. The summed E-state index contributed by atoms with van der Waals surface area (Å²) in [5, 5.41) is 2.97. The molecule has 1 N–H and O–H groups in total. The Labute approximate surface area is 120 Å². The van der Waals surface area contributed by atoms with Crippen LogP contribution in [0.2, 0.25) is 0 Å². The van der Waals surface area contributed by atoms with E-state index >= 15 is 0 Å². The molecule has 0 bridgehead atoms. The van der Waals surface area contributed by atoms with E-state index in [0.717, 1.165) is 17.3 Å². The molecule has 21 heavy (non-hydrogen) atoms. The van der Waals surface area contributed by atoms with E-state index in [9.17, 15) is 9.59 Å². The molecule has 0 atom stereocenters. The first-order valence-electron chi connectivity index (χ1n) is 6.54. The maximum atomic E-state index is 12.0. The molecule has 0 aliphatic carbocycles. The lowest BCUT2D eigenvalue weighted by Crippen LogP contribution is -2.18. The maximum absolute atomic E-state index is 12.0. The second-order valence-corrected chi connectivity index (χ2v) is 4.43. The zero-order valence-electron chi connectivity index (χ0n) is 11.4. The van der Waals surface area contributed by atoms with E-state index < -0.39 is 5.97 Å². The molecular formula is C15H13N3O3. The molecule has 2 heterocycles. The predicted molar refractivity (Wildman–Crippen MR) is 77.2 cm³/mol. The van der Waals surface area contributed by atoms with Gasteiger partial charge in [-0.2, -0.15) is 0 Å². The van der Waals surface area contributed by atoms with Gasteiger partial charge in [-0.25, -0.2) is 14.3 Å². The van der Waals surface area contributed by atoms with Gasteiger partial charge in [0.2, 0.25) is 0 Å². The number of aromatic amines is 1. The highest BCUT2D eigenvalue weighted by molar-refractivity contribution is 5.87. The number of rotatable bonds is 3. The molecule has 1 aromatic carbocycles. The summed E-state index contributed by atoms with van der Waals surface area (Å²) >= 11 is 0. The Morgan fingerprint density at radius 1 is 1.29 bits per heavy atom. The van der Waals surface area contributed by atoms with Gasteiger partial charge in [-0.15, -0.1) is 0 Å². The molecule has 0 saturated carbocycles. The van der Waals surface area contributed by atoms with Crippen LogP contribution in [0.4, 0.5) is 0 Å². The number of benzene rings is 1. The Hall–Kier alpha value is -2.89. The second-order valence-electron chi connectivity index (χ2n) is 4.43. The van der Waals surface area contributed by atoms with Gasteiger partial charge in [-0.1, -0.05) is 30.3 Å². The van der Waals surface area contributed by atoms with Gasteiger partial charge in [0.1, 0.15) is 0 Å². The molecular weight excluding hydrogens is 270 g/mol. The Bertz CT molecular complexity index is 849. The highest BCUT2D eigenvalue weighted by Gasteiger charge is 2.13. The van der Waals surface area contributed by atoms with E-state index in [4.69, 9.17) is 4.74 Å². The molecule has 3 rings (SSSR count). The van der Waals surface area contributed by atoms with Gasteiger partial charge in [0.15, 0.2) is 11.3 Å². The monoisotopic (exact) mass is 283 g/mol. The lowest BCUT2D eigenvalue weighted by Gasteiger charge is -2.00. The molecule has 0 spiro atoms. The van der Waals surface area contributed by atoms with Gasteiger partial charge in [0, 0.05) is 12.1 Å². The van der Waals surface area contributed by atoms with Crippen LogP contribution in [0.5, 0.6) is 0 Å². The number of carbonyl (C=O) groups excluding carboxylic acids is 1. The third-order valence-corrected chi connectivity index (χ3v) is 3.02. The summed E-state index contributed by atoms with van der Waals surface area (Å²) in [7, 11) is 0. The fourth-order valence-electron chi connectivity index (χ4n) is 2.07. The van der Waals surface area contributed by atoms with Crippen LogP contribution in [0.3, 0.4) is 0 Å². The summed E-state index contributed by atoms with van der Waals surface area (Å²) in [6.45, 7) is 1.94. The molecule has 2 aromatic heterocycles. The smallest absolute Gasteiger partial charge is 0.357 e. The lowest BCUT2D eigenvalue weighted by molar-refractivity contribution is 0.0519. The Kier molecular flexibility index (Phi) is 3.27. The molecule has 0 radical (unpaired) electrons.